The zero-order chi connectivity index (χ0) is 20.4. The van der Waals surface area contributed by atoms with Crippen LogP contribution in [0.1, 0.15) is 93.2 Å². The Balaban J connectivity index is 1.83. The third kappa shape index (κ3) is 3.69. The summed E-state index contributed by atoms with van der Waals surface area (Å²) in [4.78, 5) is 0. The van der Waals surface area contributed by atoms with Gasteiger partial charge in [0.15, 0.2) is 0 Å². The van der Waals surface area contributed by atoms with Crippen LogP contribution in [-0.2, 0) is 0 Å². The van der Waals surface area contributed by atoms with Crippen LogP contribution < -0.4 is 4.57 Å². The van der Waals surface area contributed by atoms with Crippen molar-refractivity contribution in [3.63, 3.8) is 0 Å². The molecule has 0 spiro atoms. The molecule has 2 fully saturated rings. The fourth-order valence-electron chi connectivity index (χ4n) is 5.67. The summed E-state index contributed by atoms with van der Waals surface area (Å²) in [5.74, 6) is 0. The monoisotopic (exact) mass is 379 g/mol. The van der Waals surface area contributed by atoms with Gasteiger partial charge < -0.3 is 10.4 Å². The average Bonchev–Trinajstić information content (AvgIpc) is 2.99. The van der Waals surface area contributed by atoms with Crippen molar-refractivity contribution in [1.82, 2.24) is 14.7 Å². The van der Waals surface area contributed by atoms with Crippen LogP contribution in [0.15, 0.2) is 18.7 Å². The maximum atomic E-state index is 10.6. The van der Waals surface area contributed by atoms with E-state index in [-0.39, 0.29) is 22.2 Å². The lowest BCUT2D eigenvalue weighted by atomic mass is 9.79. The minimum Gasteiger partial charge on any atom is -0.313 e. The van der Waals surface area contributed by atoms with E-state index < -0.39 is 0 Å². The van der Waals surface area contributed by atoms with E-state index >= 15 is 0 Å². The highest BCUT2D eigenvalue weighted by Crippen LogP contribution is 2.43. The van der Waals surface area contributed by atoms with Gasteiger partial charge in [0.25, 0.3) is 0 Å². The standard InChI is InChI=1S/C21H39N4O2/c1-18(2)11-16(12-19(3,4)24(18)26)22-9-10-23(15-22)17-13-20(5,6)25(27)21(7,8)14-17/h9-10,15-17,26-27H,11-14H2,1-8H3/q+1. The highest BCUT2D eigenvalue weighted by Gasteiger charge is 2.49. The summed E-state index contributed by atoms with van der Waals surface area (Å²) in [6, 6.07) is 0.720. The van der Waals surface area contributed by atoms with Crippen LogP contribution in [-0.4, -0.2) is 47.3 Å². The Kier molecular flexibility index (Phi) is 4.83. The molecule has 2 aliphatic heterocycles. The van der Waals surface area contributed by atoms with Gasteiger partial charge in [0.2, 0.25) is 6.33 Å². The largest absolute Gasteiger partial charge is 0.313 e. The van der Waals surface area contributed by atoms with Crippen molar-refractivity contribution in [1.29, 1.82) is 0 Å². The second-order valence-corrected chi connectivity index (χ2v) is 11.3. The molecule has 27 heavy (non-hydrogen) atoms. The van der Waals surface area contributed by atoms with E-state index in [1.807, 2.05) is 0 Å². The third-order valence-electron chi connectivity index (χ3n) is 6.76. The third-order valence-corrected chi connectivity index (χ3v) is 6.76. The number of piperidine rings is 2. The molecule has 0 amide bonds. The molecule has 2 N–H and O–H groups in total. The zero-order valence-corrected chi connectivity index (χ0v) is 18.4. The van der Waals surface area contributed by atoms with Gasteiger partial charge in [-0.3, -0.25) is 0 Å². The van der Waals surface area contributed by atoms with Crippen LogP contribution >= 0.6 is 0 Å². The van der Waals surface area contributed by atoms with Gasteiger partial charge in [0, 0.05) is 47.8 Å². The Morgan fingerprint density at radius 1 is 0.741 bits per heavy atom. The Morgan fingerprint density at radius 3 is 1.59 bits per heavy atom. The lowest BCUT2D eigenvalue weighted by molar-refractivity contribution is -0.730. The second-order valence-electron chi connectivity index (χ2n) is 11.3. The predicted molar refractivity (Wildman–Crippen MR) is 105 cm³/mol. The van der Waals surface area contributed by atoms with Gasteiger partial charge in [-0.1, -0.05) is 0 Å². The van der Waals surface area contributed by atoms with Gasteiger partial charge in [0.05, 0.1) is 0 Å². The van der Waals surface area contributed by atoms with Crippen LogP contribution in [0.3, 0.4) is 0 Å². The molecule has 154 valence electrons. The number of imidazole rings is 1. The van der Waals surface area contributed by atoms with E-state index in [0.717, 1.165) is 25.7 Å². The second kappa shape index (κ2) is 6.28. The Morgan fingerprint density at radius 2 is 1.15 bits per heavy atom. The molecular formula is C21H39N4O2+. The van der Waals surface area contributed by atoms with Crippen LogP contribution in [0.5, 0.6) is 0 Å². The van der Waals surface area contributed by atoms with Gasteiger partial charge in [-0.15, -0.1) is 0 Å². The van der Waals surface area contributed by atoms with Crippen molar-refractivity contribution >= 4 is 0 Å². The fourth-order valence-corrected chi connectivity index (χ4v) is 5.67. The maximum Gasteiger partial charge on any atom is 0.244 e. The summed E-state index contributed by atoms with van der Waals surface area (Å²) in [5.41, 5.74) is -1.02. The number of aromatic nitrogens is 2. The lowest BCUT2D eigenvalue weighted by Crippen LogP contribution is -2.62. The van der Waals surface area contributed by atoms with Crippen LogP contribution in [0.25, 0.3) is 0 Å². The molecule has 0 unspecified atom stereocenters. The SMILES string of the molecule is CC1(C)CC(n2cc[n+](C3CC(C)(C)N(O)C(C)(C)C3)c2)CC(C)(C)N1O. The quantitative estimate of drug-likeness (QED) is 0.764. The maximum absolute atomic E-state index is 10.6. The molecule has 0 bridgehead atoms. The average molecular weight is 380 g/mol. The van der Waals surface area contributed by atoms with Gasteiger partial charge in [-0.25, -0.2) is 9.13 Å². The number of hydrogen-bond acceptors (Lipinski definition) is 4. The van der Waals surface area contributed by atoms with E-state index in [4.69, 9.17) is 0 Å². The van der Waals surface area contributed by atoms with E-state index in [9.17, 15) is 10.4 Å². The first-order valence-electron chi connectivity index (χ1n) is 10.2. The molecule has 0 aliphatic carbocycles. The van der Waals surface area contributed by atoms with Gasteiger partial charge >= 0.3 is 0 Å². The fraction of sp³-hybridized carbons (Fsp3) is 0.857. The molecule has 0 atom stereocenters. The molecule has 2 saturated heterocycles. The van der Waals surface area contributed by atoms with E-state index in [0.29, 0.717) is 12.1 Å². The normalized spacial score (nSPS) is 29.1. The molecule has 3 rings (SSSR count). The molecule has 0 saturated carbocycles. The molecule has 6 nitrogen and oxygen atoms in total. The number of rotatable bonds is 2. The Bertz CT molecular complexity index is 600. The van der Waals surface area contributed by atoms with Crippen molar-refractivity contribution in [3.8, 4) is 0 Å². The molecule has 0 aromatic carbocycles. The van der Waals surface area contributed by atoms with Gasteiger partial charge in [-0.05, 0) is 55.4 Å². The Hall–Kier alpha value is -0.950. The van der Waals surface area contributed by atoms with E-state index in [2.05, 4.69) is 83.2 Å². The molecule has 2 aliphatic rings. The molecule has 1 aromatic heterocycles. The van der Waals surface area contributed by atoms with Crippen LogP contribution in [0.4, 0.5) is 0 Å². The molecule has 0 radical (unpaired) electrons. The van der Waals surface area contributed by atoms with E-state index in [1.54, 1.807) is 0 Å². The minimum atomic E-state index is -0.256. The van der Waals surface area contributed by atoms with Crippen molar-refractivity contribution in [2.24, 2.45) is 0 Å². The van der Waals surface area contributed by atoms with Gasteiger partial charge in [-0.2, -0.15) is 10.1 Å². The predicted octanol–water partition coefficient (Wildman–Crippen LogP) is 3.94. The number of hydroxylamine groups is 4. The van der Waals surface area contributed by atoms with Crippen LogP contribution in [0, 0.1) is 0 Å². The summed E-state index contributed by atoms with van der Waals surface area (Å²) in [6.45, 7) is 16.9. The lowest BCUT2D eigenvalue weighted by Gasteiger charge is -2.50. The molecule has 6 heteroatoms. The van der Waals surface area contributed by atoms with Crippen molar-refractivity contribution in [2.75, 3.05) is 0 Å². The summed E-state index contributed by atoms with van der Waals surface area (Å²) in [5, 5.41) is 24.2. The highest BCUT2D eigenvalue weighted by molar-refractivity contribution is 4.99. The number of hydrogen-bond donors (Lipinski definition) is 2. The first-order valence-corrected chi connectivity index (χ1v) is 10.2. The molecule has 1 aromatic rings. The van der Waals surface area contributed by atoms with Crippen molar-refractivity contribution < 1.29 is 15.0 Å². The summed E-state index contributed by atoms with van der Waals surface area (Å²) in [6.07, 6.45) is 10.2. The summed E-state index contributed by atoms with van der Waals surface area (Å²) in [7, 11) is 0. The number of nitrogens with zero attached hydrogens (tertiary/aromatic N) is 4. The highest BCUT2D eigenvalue weighted by atomic mass is 16.5. The Labute approximate surface area is 164 Å². The molecular weight excluding hydrogens is 340 g/mol. The van der Waals surface area contributed by atoms with E-state index in [1.165, 1.54) is 10.1 Å². The minimum absolute atomic E-state index is 0.256. The van der Waals surface area contributed by atoms with Crippen molar-refractivity contribution in [2.45, 2.75) is 115 Å². The van der Waals surface area contributed by atoms with Gasteiger partial charge in [0.1, 0.15) is 24.5 Å². The van der Waals surface area contributed by atoms with Crippen LogP contribution in [0.2, 0.25) is 0 Å². The smallest absolute Gasteiger partial charge is 0.244 e. The summed E-state index contributed by atoms with van der Waals surface area (Å²) < 4.78 is 4.64. The summed E-state index contributed by atoms with van der Waals surface area (Å²) >= 11 is 0. The molecule has 3 heterocycles. The van der Waals surface area contributed by atoms with Crippen molar-refractivity contribution in [3.05, 3.63) is 18.7 Å². The zero-order valence-electron chi connectivity index (χ0n) is 18.4. The first kappa shape index (κ1) is 20.8. The first-order chi connectivity index (χ1) is 12.2. The topological polar surface area (TPSA) is 55.8 Å².